The van der Waals surface area contributed by atoms with Crippen LogP contribution in [0.4, 0.5) is 5.82 Å². The van der Waals surface area contributed by atoms with Crippen LogP contribution in [0.25, 0.3) is 11.3 Å². The highest BCUT2D eigenvalue weighted by Crippen LogP contribution is 2.51. The van der Waals surface area contributed by atoms with Gasteiger partial charge in [-0.1, -0.05) is 59.6 Å². The van der Waals surface area contributed by atoms with Gasteiger partial charge in [-0.05, 0) is 48.8 Å². The van der Waals surface area contributed by atoms with Crippen LogP contribution in [-0.2, 0) is 6.42 Å². The van der Waals surface area contributed by atoms with Crippen LogP contribution in [0, 0.1) is 12.3 Å². The highest BCUT2D eigenvalue weighted by atomic mass is 35.5. The Balaban J connectivity index is 1.46. The van der Waals surface area contributed by atoms with Gasteiger partial charge >= 0.3 is 0 Å². The van der Waals surface area contributed by atoms with E-state index in [1.165, 1.54) is 11.1 Å². The number of carbonyl (C=O) groups excluding carboxylic acids is 1. The number of aryl methyl sites for hydroxylation is 1. The maximum atomic E-state index is 12.4. The molecule has 1 aromatic heterocycles. The lowest BCUT2D eigenvalue weighted by Crippen LogP contribution is -2.45. The van der Waals surface area contributed by atoms with Crippen molar-refractivity contribution in [1.82, 2.24) is 9.97 Å². The Morgan fingerprint density at radius 1 is 1.09 bits per heavy atom. The van der Waals surface area contributed by atoms with Crippen molar-refractivity contribution in [1.29, 1.82) is 0 Å². The average Bonchev–Trinajstić information content (AvgIpc) is 3.07. The number of primary amides is 1. The Morgan fingerprint density at radius 3 is 2.52 bits per heavy atom. The van der Waals surface area contributed by atoms with Crippen LogP contribution in [-0.4, -0.2) is 29.0 Å². The van der Waals surface area contributed by atoms with Gasteiger partial charge in [-0.3, -0.25) is 4.79 Å². The smallest absolute Gasteiger partial charge is 0.271 e. The van der Waals surface area contributed by atoms with E-state index in [4.69, 9.17) is 39.7 Å². The van der Waals surface area contributed by atoms with E-state index in [0.717, 1.165) is 32.4 Å². The van der Waals surface area contributed by atoms with E-state index in [2.05, 4.69) is 34.1 Å². The molecule has 0 saturated carbocycles. The fourth-order valence-electron chi connectivity index (χ4n) is 5.30. The first-order valence-electron chi connectivity index (χ1n) is 11.0. The molecular weight excluding hydrogens is 457 g/mol. The predicted octanol–water partition coefficient (Wildman–Crippen LogP) is 4.70. The van der Waals surface area contributed by atoms with Crippen LogP contribution in [0.3, 0.4) is 0 Å². The molecule has 33 heavy (non-hydrogen) atoms. The van der Waals surface area contributed by atoms with Crippen molar-refractivity contribution >= 4 is 34.9 Å². The summed E-state index contributed by atoms with van der Waals surface area (Å²) in [6.07, 6.45) is 2.80. The number of anilines is 1. The van der Waals surface area contributed by atoms with Gasteiger partial charge in [0.2, 0.25) is 0 Å². The molecule has 5 rings (SSSR count). The molecule has 2 aromatic carbocycles. The molecule has 2 heterocycles. The second kappa shape index (κ2) is 8.28. The Bertz CT molecular complexity index is 1250. The van der Waals surface area contributed by atoms with E-state index in [-0.39, 0.29) is 17.2 Å². The highest BCUT2D eigenvalue weighted by molar-refractivity contribution is 6.43. The van der Waals surface area contributed by atoms with Crippen molar-refractivity contribution in [2.75, 3.05) is 18.0 Å². The largest absolute Gasteiger partial charge is 0.364 e. The Hall–Kier alpha value is -2.67. The molecule has 1 aliphatic carbocycles. The summed E-state index contributed by atoms with van der Waals surface area (Å²) in [5.74, 6) is -0.108. The lowest BCUT2D eigenvalue weighted by Gasteiger charge is -2.42. The minimum Gasteiger partial charge on any atom is -0.364 e. The van der Waals surface area contributed by atoms with E-state index in [9.17, 15) is 4.79 Å². The van der Waals surface area contributed by atoms with Crippen molar-refractivity contribution < 1.29 is 4.79 Å². The van der Waals surface area contributed by atoms with Gasteiger partial charge in [-0.15, -0.1) is 0 Å². The van der Waals surface area contributed by atoms with E-state index in [0.29, 0.717) is 32.8 Å². The van der Waals surface area contributed by atoms with Crippen molar-refractivity contribution in [2.45, 2.75) is 32.2 Å². The molecule has 1 saturated heterocycles. The number of benzene rings is 2. The predicted molar refractivity (Wildman–Crippen MR) is 132 cm³/mol. The topological polar surface area (TPSA) is 98.1 Å². The number of nitrogens with two attached hydrogens (primary N) is 2. The molecule has 1 unspecified atom stereocenters. The molecule has 170 valence electrons. The summed E-state index contributed by atoms with van der Waals surface area (Å²) in [4.78, 5) is 23.9. The van der Waals surface area contributed by atoms with Crippen molar-refractivity contribution in [3.8, 4) is 11.3 Å². The first-order chi connectivity index (χ1) is 15.8. The summed E-state index contributed by atoms with van der Waals surface area (Å²) in [7, 11) is 0. The van der Waals surface area contributed by atoms with E-state index < -0.39 is 5.91 Å². The van der Waals surface area contributed by atoms with Gasteiger partial charge in [0.25, 0.3) is 5.91 Å². The van der Waals surface area contributed by atoms with Crippen molar-refractivity contribution in [2.24, 2.45) is 16.9 Å². The Kier molecular flexibility index (Phi) is 5.55. The SMILES string of the molecule is Cc1nc(N2CCC3(CC2)Cc2ccccc2C3N)c(C(N)=O)nc1-c1cccc(Cl)c1Cl. The number of carbonyl (C=O) groups is 1. The number of fused-ring (bicyclic) bond motifs is 1. The molecule has 1 spiro atoms. The summed E-state index contributed by atoms with van der Waals surface area (Å²) >= 11 is 12.6. The molecule has 1 amide bonds. The third-order valence-electron chi connectivity index (χ3n) is 7.14. The van der Waals surface area contributed by atoms with Gasteiger partial charge in [0.05, 0.1) is 21.4 Å². The molecule has 6 nitrogen and oxygen atoms in total. The molecule has 0 bridgehead atoms. The molecule has 1 aliphatic heterocycles. The average molecular weight is 482 g/mol. The summed E-state index contributed by atoms with van der Waals surface area (Å²) in [5, 5.41) is 0.782. The fraction of sp³-hybridized carbons (Fsp3) is 0.320. The molecular formula is C25H25Cl2N5O. The number of hydrogen-bond acceptors (Lipinski definition) is 5. The summed E-state index contributed by atoms with van der Waals surface area (Å²) in [6.45, 7) is 3.31. The van der Waals surface area contributed by atoms with Crippen LogP contribution in [0.15, 0.2) is 42.5 Å². The second-order valence-electron chi connectivity index (χ2n) is 9.00. The first kappa shape index (κ1) is 22.1. The van der Waals surface area contributed by atoms with E-state index in [1.807, 2.05) is 6.92 Å². The molecule has 4 N–H and O–H groups in total. The molecule has 1 atom stereocenters. The van der Waals surface area contributed by atoms with Crippen LogP contribution in [0.2, 0.25) is 10.0 Å². The van der Waals surface area contributed by atoms with Gasteiger partial charge in [0.15, 0.2) is 11.5 Å². The zero-order valence-electron chi connectivity index (χ0n) is 18.3. The monoisotopic (exact) mass is 481 g/mol. The Morgan fingerprint density at radius 2 is 1.82 bits per heavy atom. The lowest BCUT2D eigenvalue weighted by molar-refractivity contribution is 0.0995. The summed E-state index contributed by atoms with van der Waals surface area (Å²) < 4.78 is 0. The quantitative estimate of drug-likeness (QED) is 0.564. The number of rotatable bonds is 3. The molecule has 8 heteroatoms. The minimum atomic E-state index is -0.623. The van der Waals surface area contributed by atoms with Crippen LogP contribution in [0.1, 0.15) is 46.2 Å². The van der Waals surface area contributed by atoms with Gasteiger partial charge in [-0.25, -0.2) is 9.97 Å². The van der Waals surface area contributed by atoms with Crippen molar-refractivity contribution in [3.63, 3.8) is 0 Å². The van der Waals surface area contributed by atoms with E-state index in [1.54, 1.807) is 18.2 Å². The van der Waals surface area contributed by atoms with E-state index >= 15 is 0 Å². The normalized spacial score (nSPS) is 19.0. The maximum Gasteiger partial charge on any atom is 0.271 e. The third kappa shape index (κ3) is 3.66. The number of halogens is 2. The van der Waals surface area contributed by atoms with Crippen LogP contribution < -0.4 is 16.4 Å². The van der Waals surface area contributed by atoms with Gasteiger partial charge in [-0.2, -0.15) is 0 Å². The molecule has 1 fully saturated rings. The number of aromatic nitrogens is 2. The Labute approximate surface area is 202 Å². The maximum absolute atomic E-state index is 12.4. The van der Waals surface area contributed by atoms with Gasteiger partial charge in [0.1, 0.15) is 0 Å². The van der Waals surface area contributed by atoms with Crippen LogP contribution in [0.5, 0.6) is 0 Å². The number of piperidine rings is 1. The highest BCUT2D eigenvalue weighted by Gasteiger charge is 2.46. The number of hydrogen-bond donors (Lipinski definition) is 2. The number of nitrogens with zero attached hydrogens (tertiary/aromatic N) is 3. The second-order valence-corrected chi connectivity index (χ2v) is 9.78. The first-order valence-corrected chi connectivity index (χ1v) is 11.8. The van der Waals surface area contributed by atoms with Crippen LogP contribution >= 0.6 is 23.2 Å². The zero-order valence-corrected chi connectivity index (χ0v) is 19.8. The molecule has 3 aromatic rings. The lowest BCUT2D eigenvalue weighted by atomic mass is 9.73. The van der Waals surface area contributed by atoms with Gasteiger partial charge < -0.3 is 16.4 Å². The molecule has 2 aliphatic rings. The summed E-state index contributed by atoms with van der Waals surface area (Å²) in [6, 6.07) is 13.8. The van der Waals surface area contributed by atoms with Crippen molar-refractivity contribution in [3.05, 3.63) is 75.0 Å². The fourth-order valence-corrected chi connectivity index (χ4v) is 5.69. The third-order valence-corrected chi connectivity index (χ3v) is 7.96. The molecule has 0 radical (unpaired) electrons. The standard InChI is InChI=1S/C25H25Cl2N5O/c1-14-20(17-7-4-8-18(26)19(17)27)31-21(23(29)33)24(30-14)32-11-9-25(10-12-32)13-15-5-2-3-6-16(15)22(25)28/h2-8,22H,9-13,28H2,1H3,(H2,29,33). The zero-order chi connectivity index (χ0) is 23.3. The number of amides is 1. The van der Waals surface area contributed by atoms with Gasteiger partial charge in [0, 0.05) is 24.7 Å². The minimum absolute atomic E-state index is 0.0200. The summed E-state index contributed by atoms with van der Waals surface area (Å²) in [5.41, 5.74) is 17.0.